The summed E-state index contributed by atoms with van der Waals surface area (Å²) in [5.74, 6) is 0.00174. The zero-order valence-electron chi connectivity index (χ0n) is 10.8. The molecule has 104 valence electrons. The van der Waals surface area contributed by atoms with Crippen LogP contribution in [0.1, 0.15) is 18.2 Å². The van der Waals surface area contributed by atoms with E-state index in [9.17, 15) is 13.2 Å². The van der Waals surface area contributed by atoms with E-state index in [0.29, 0.717) is 6.61 Å². The SMILES string of the molecule is COCC(C)N(C)c1nc(C(F)(F)F)ccc1C#N. The van der Waals surface area contributed by atoms with E-state index < -0.39 is 11.9 Å². The van der Waals surface area contributed by atoms with Crippen molar-refractivity contribution >= 4 is 5.82 Å². The molecule has 4 nitrogen and oxygen atoms in total. The van der Waals surface area contributed by atoms with E-state index in [4.69, 9.17) is 10.00 Å². The zero-order chi connectivity index (χ0) is 14.6. The zero-order valence-corrected chi connectivity index (χ0v) is 10.8. The van der Waals surface area contributed by atoms with Gasteiger partial charge in [-0.2, -0.15) is 18.4 Å². The summed E-state index contributed by atoms with van der Waals surface area (Å²) in [6.45, 7) is 2.09. The first-order valence-corrected chi connectivity index (χ1v) is 5.51. The molecule has 1 rings (SSSR count). The molecule has 19 heavy (non-hydrogen) atoms. The summed E-state index contributed by atoms with van der Waals surface area (Å²) in [6, 6.07) is 3.57. The molecule has 0 bridgehead atoms. The molecule has 1 aromatic heterocycles. The van der Waals surface area contributed by atoms with Crippen LogP contribution in [0.2, 0.25) is 0 Å². The quantitative estimate of drug-likeness (QED) is 0.845. The minimum absolute atomic E-state index is 0.00174. The first kappa shape index (κ1) is 15.2. The van der Waals surface area contributed by atoms with Crippen LogP contribution in [0.3, 0.4) is 0 Å². The largest absolute Gasteiger partial charge is 0.433 e. The van der Waals surface area contributed by atoms with Crippen LogP contribution >= 0.6 is 0 Å². The lowest BCUT2D eigenvalue weighted by atomic mass is 10.2. The number of alkyl halides is 3. The number of hydrogen-bond acceptors (Lipinski definition) is 4. The molecule has 0 saturated carbocycles. The molecule has 0 fully saturated rings. The number of anilines is 1. The Kier molecular flexibility index (Phi) is 4.72. The summed E-state index contributed by atoms with van der Waals surface area (Å²) in [4.78, 5) is 5.04. The van der Waals surface area contributed by atoms with Gasteiger partial charge in [-0.15, -0.1) is 0 Å². The maximum Gasteiger partial charge on any atom is 0.433 e. The molecule has 1 heterocycles. The second-order valence-corrected chi connectivity index (χ2v) is 4.09. The Morgan fingerprint density at radius 3 is 2.58 bits per heavy atom. The number of halogens is 3. The molecule has 1 unspecified atom stereocenters. The molecule has 0 aliphatic heterocycles. The third-order valence-corrected chi connectivity index (χ3v) is 2.69. The van der Waals surface area contributed by atoms with E-state index in [1.807, 2.05) is 6.07 Å². The minimum atomic E-state index is -4.53. The van der Waals surface area contributed by atoms with Gasteiger partial charge in [0, 0.05) is 14.2 Å². The van der Waals surface area contributed by atoms with E-state index in [2.05, 4.69) is 4.98 Å². The highest BCUT2D eigenvalue weighted by Gasteiger charge is 2.33. The summed E-state index contributed by atoms with van der Waals surface area (Å²) in [7, 11) is 3.07. The monoisotopic (exact) mass is 273 g/mol. The lowest BCUT2D eigenvalue weighted by molar-refractivity contribution is -0.141. The Balaban J connectivity index is 3.20. The average molecular weight is 273 g/mol. The summed E-state index contributed by atoms with van der Waals surface area (Å²) in [5.41, 5.74) is -0.920. The van der Waals surface area contributed by atoms with Crippen LogP contribution in [-0.2, 0) is 10.9 Å². The van der Waals surface area contributed by atoms with E-state index in [1.54, 1.807) is 14.0 Å². The maximum absolute atomic E-state index is 12.6. The summed E-state index contributed by atoms with van der Waals surface area (Å²) >= 11 is 0. The van der Waals surface area contributed by atoms with Crippen LogP contribution in [0.4, 0.5) is 19.0 Å². The van der Waals surface area contributed by atoms with Crippen molar-refractivity contribution in [1.82, 2.24) is 4.98 Å². The number of aromatic nitrogens is 1. The molecular weight excluding hydrogens is 259 g/mol. The number of pyridine rings is 1. The van der Waals surface area contributed by atoms with Crippen molar-refractivity contribution in [3.8, 4) is 6.07 Å². The van der Waals surface area contributed by atoms with Gasteiger partial charge in [0.15, 0.2) is 0 Å². The molecule has 0 aliphatic carbocycles. The summed E-state index contributed by atoms with van der Waals surface area (Å²) < 4.78 is 42.8. The smallest absolute Gasteiger partial charge is 0.383 e. The van der Waals surface area contributed by atoms with Crippen LogP contribution in [-0.4, -0.2) is 31.8 Å². The molecule has 1 atom stereocenters. The number of methoxy groups -OCH3 is 1. The van der Waals surface area contributed by atoms with E-state index >= 15 is 0 Å². The van der Waals surface area contributed by atoms with Gasteiger partial charge in [-0.1, -0.05) is 0 Å². The normalized spacial score (nSPS) is 12.9. The highest BCUT2D eigenvalue weighted by Crippen LogP contribution is 2.30. The van der Waals surface area contributed by atoms with Crippen molar-refractivity contribution in [2.75, 3.05) is 25.7 Å². The molecule has 0 spiro atoms. The number of nitriles is 1. The standard InChI is InChI=1S/C12H14F3N3O/c1-8(7-19-3)18(2)11-9(6-16)4-5-10(17-11)12(13,14)15/h4-5,8H,7H2,1-3H3. The van der Waals surface area contributed by atoms with Crippen molar-refractivity contribution in [2.24, 2.45) is 0 Å². The summed E-state index contributed by atoms with van der Waals surface area (Å²) in [6.07, 6.45) is -4.53. The van der Waals surface area contributed by atoms with Gasteiger partial charge in [0.25, 0.3) is 0 Å². The van der Waals surface area contributed by atoms with Crippen molar-refractivity contribution in [3.05, 3.63) is 23.4 Å². The third kappa shape index (κ3) is 3.58. The van der Waals surface area contributed by atoms with Gasteiger partial charge in [0.05, 0.1) is 18.2 Å². The predicted octanol–water partition coefficient (Wildman–Crippen LogP) is 2.44. The van der Waals surface area contributed by atoms with Gasteiger partial charge in [-0.25, -0.2) is 4.98 Å². The van der Waals surface area contributed by atoms with Crippen molar-refractivity contribution < 1.29 is 17.9 Å². The van der Waals surface area contributed by atoms with Gasteiger partial charge >= 0.3 is 6.18 Å². The molecular formula is C12H14F3N3O. The van der Waals surface area contributed by atoms with Gasteiger partial charge < -0.3 is 9.64 Å². The molecule has 0 radical (unpaired) electrons. The maximum atomic E-state index is 12.6. The van der Waals surface area contributed by atoms with Gasteiger partial charge in [0.1, 0.15) is 17.6 Å². The third-order valence-electron chi connectivity index (χ3n) is 2.69. The van der Waals surface area contributed by atoms with E-state index in [1.165, 1.54) is 12.0 Å². The van der Waals surface area contributed by atoms with E-state index in [0.717, 1.165) is 12.1 Å². The van der Waals surface area contributed by atoms with Crippen molar-refractivity contribution in [2.45, 2.75) is 19.1 Å². The van der Waals surface area contributed by atoms with Gasteiger partial charge in [0.2, 0.25) is 0 Å². The molecule has 0 aromatic carbocycles. The molecule has 0 saturated heterocycles. The van der Waals surface area contributed by atoms with Gasteiger partial charge in [-0.05, 0) is 19.1 Å². The van der Waals surface area contributed by atoms with Crippen molar-refractivity contribution in [1.29, 1.82) is 5.26 Å². The molecule has 0 N–H and O–H groups in total. The van der Waals surface area contributed by atoms with Crippen molar-refractivity contribution in [3.63, 3.8) is 0 Å². The first-order chi connectivity index (χ1) is 8.81. The molecule has 0 amide bonds. The fourth-order valence-electron chi connectivity index (χ4n) is 1.52. The fraction of sp³-hybridized carbons (Fsp3) is 0.500. The fourth-order valence-corrected chi connectivity index (χ4v) is 1.52. The Bertz CT molecular complexity index is 482. The molecule has 7 heteroatoms. The van der Waals surface area contributed by atoms with Crippen LogP contribution < -0.4 is 4.90 Å². The highest BCUT2D eigenvalue weighted by atomic mass is 19.4. The highest BCUT2D eigenvalue weighted by molar-refractivity contribution is 5.54. The number of hydrogen-bond donors (Lipinski definition) is 0. The topological polar surface area (TPSA) is 49.1 Å². The Hall–Kier alpha value is -1.81. The number of rotatable bonds is 4. The van der Waals surface area contributed by atoms with Gasteiger partial charge in [-0.3, -0.25) is 0 Å². The minimum Gasteiger partial charge on any atom is -0.383 e. The van der Waals surface area contributed by atoms with E-state index in [-0.39, 0.29) is 17.4 Å². The Labute approximate surface area is 109 Å². The molecule has 0 aliphatic rings. The Morgan fingerprint density at radius 2 is 2.11 bits per heavy atom. The molecule has 1 aromatic rings. The van der Waals surface area contributed by atoms with Crippen LogP contribution in [0.5, 0.6) is 0 Å². The Morgan fingerprint density at radius 1 is 1.47 bits per heavy atom. The second-order valence-electron chi connectivity index (χ2n) is 4.09. The number of likely N-dealkylation sites (N-methyl/N-ethyl adjacent to an activating group) is 1. The lowest BCUT2D eigenvalue weighted by Gasteiger charge is -2.26. The average Bonchev–Trinajstić information content (AvgIpc) is 2.36. The predicted molar refractivity (Wildman–Crippen MR) is 63.7 cm³/mol. The first-order valence-electron chi connectivity index (χ1n) is 5.51. The van der Waals surface area contributed by atoms with Crippen LogP contribution in [0, 0.1) is 11.3 Å². The lowest BCUT2D eigenvalue weighted by Crippen LogP contribution is -2.34. The summed E-state index contributed by atoms with van der Waals surface area (Å²) in [5, 5.41) is 8.94. The second kappa shape index (κ2) is 5.89. The number of ether oxygens (including phenoxy) is 1. The van der Waals surface area contributed by atoms with Crippen LogP contribution in [0.25, 0.3) is 0 Å². The number of nitrogens with zero attached hydrogens (tertiary/aromatic N) is 3. The van der Waals surface area contributed by atoms with Crippen LogP contribution in [0.15, 0.2) is 12.1 Å².